The van der Waals surface area contributed by atoms with Crippen LogP contribution < -0.4 is 4.74 Å². The first-order valence-corrected chi connectivity index (χ1v) is 4.99. The van der Waals surface area contributed by atoms with Crippen molar-refractivity contribution in [2.75, 3.05) is 7.11 Å². The Labute approximate surface area is 78.7 Å². The van der Waals surface area contributed by atoms with Crippen molar-refractivity contribution in [1.82, 2.24) is 9.78 Å². The van der Waals surface area contributed by atoms with E-state index in [1.165, 1.54) is 32.1 Å². The molecule has 0 aromatic carbocycles. The Hall–Kier alpha value is -0.990. The summed E-state index contributed by atoms with van der Waals surface area (Å²) in [5.41, 5.74) is 0. The predicted octanol–water partition coefficient (Wildman–Crippen LogP) is 2.40. The van der Waals surface area contributed by atoms with Gasteiger partial charge in [0, 0.05) is 12.3 Å². The van der Waals surface area contributed by atoms with E-state index in [0.29, 0.717) is 6.04 Å². The van der Waals surface area contributed by atoms with Crippen LogP contribution in [-0.4, -0.2) is 16.9 Å². The molecule has 1 aliphatic carbocycles. The second-order valence-electron chi connectivity index (χ2n) is 3.63. The van der Waals surface area contributed by atoms with E-state index in [0.717, 1.165) is 5.88 Å². The lowest BCUT2D eigenvalue weighted by atomic mass is 9.96. The van der Waals surface area contributed by atoms with Gasteiger partial charge in [0.1, 0.15) is 0 Å². The molecule has 1 aliphatic rings. The molecule has 1 saturated carbocycles. The van der Waals surface area contributed by atoms with E-state index in [1.807, 2.05) is 12.3 Å². The lowest BCUT2D eigenvalue weighted by Gasteiger charge is -2.21. The molecule has 0 aliphatic heterocycles. The summed E-state index contributed by atoms with van der Waals surface area (Å²) in [6, 6.07) is 2.53. The standard InChI is InChI=1S/C10H16N2O/c1-13-10-7-8-12(11-10)9-5-3-2-4-6-9/h7-9H,2-6H2,1H3. The summed E-state index contributed by atoms with van der Waals surface area (Å²) in [4.78, 5) is 0. The third-order valence-electron chi connectivity index (χ3n) is 2.74. The molecule has 0 radical (unpaired) electrons. The molecule has 3 heteroatoms. The molecule has 0 saturated heterocycles. The molecule has 1 heterocycles. The molecule has 3 nitrogen and oxygen atoms in total. The van der Waals surface area contributed by atoms with Gasteiger partial charge in [-0.25, -0.2) is 0 Å². The van der Waals surface area contributed by atoms with Crippen molar-refractivity contribution >= 4 is 0 Å². The quantitative estimate of drug-likeness (QED) is 0.698. The van der Waals surface area contributed by atoms with Gasteiger partial charge >= 0.3 is 0 Å². The number of methoxy groups -OCH3 is 1. The van der Waals surface area contributed by atoms with Gasteiger partial charge in [-0.2, -0.15) is 0 Å². The van der Waals surface area contributed by atoms with Gasteiger partial charge in [0.25, 0.3) is 0 Å². The van der Waals surface area contributed by atoms with Gasteiger partial charge in [0.15, 0.2) is 0 Å². The molecule has 0 bridgehead atoms. The first-order valence-electron chi connectivity index (χ1n) is 4.99. The monoisotopic (exact) mass is 180 g/mol. The minimum Gasteiger partial charge on any atom is -0.480 e. The average Bonchev–Trinajstić information content (AvgIpc) is 2.67. The van der Waals surface area contributed by atoms with E-state index in [9.17, 15) is 0 Å². The molecular weight excluding hydrogens is 164 g/mol. The first-order chi connectivity index (χ1) is 6.40. The van der Waals surface area contributed by atoms with E-state index in [-0.39, 0.29) is 0 Å². The lowest BCUT2D eigenvalue weighted by Crippen LogP contribution is -2.13. The predicted molar refractivity (Wildman–Crippen MR) is 50.9 cm³/mol. The van der Waals surface area contributed by atoms with Crippen molar-refractivity contribution in [2.24, 2.45) is 0 Å². The fraction of sp³-hybridized carbons (Fsp3) is 0.700. The topological polar surface area (TPSA) is 27.1 Å². The van der Waals surface area contributed by atoms with Crippen molar-refractivity contribution in [3.63, 3.8) is 0 Å². The lowest BCUT2D eigenvalue weighted by molar-refractivity contribution is 0.316. The van der Waals surface area contributed by atoms with Gasteiger partial charge in [0.2, 0.25) is 5.88 Å². The van der Waals surface area contributed by atoms with Crippen LogP contribution in [0.3, 0.4) is 0 Å². The average molecular weight is 180 g/mol. The van der Waals surface area contributed by atoms with Gasteiger partial charge in [-0.05, 0) is 12.8 Å². The maximum absolute atomic E-state index is 5.05. The van der Waals surface area contributed by atoms with E-state index < -0.39 is 0 Å². The maximum Gasteiger partial charge on any atom is 0.232 e. The van der Waals surface area contributed by atoms with Crippen LogP contribution in [0, 0.1) is 0 Å². The third-order valence-corrected chi connectivity index (χ3v) is 2.74. The summed E-state index contributed by atoms with van der Waals surface area (Å²) in [5.74, 6) is 0.727. The number of hydrogen-bond donors (Lipinski definition) is 0. The van der Waals surface area contributed by atoms with Crippen molar-refractivity contribution < 1.29 is 4.74 Å². The van der Waals surface area contributed by atoms with E-state index >= 15 is 0 Å². The van der Waals surface area contributed by atoms with Crippen LogP contribution in [0.4, 0.5) is 0 Å². The van der Waals surface area contributed by atoms with E-state index in [4.69, 9.17) is 4.74 Å². The Bertz CT molecular complexity index is 264. The Morgan fingerprint density at radius 1 is 1.38 bits per heavy atom. The molecule has 1 aromatic heterocycles. The smallest absolute Gasteiger partial charge is 0.232 e. The Morgan fingerprint density at radius 3 is 2.77 bits per heavy atom. The maximum atomic E-state index is 5.05. The third kappa shape index (κ3) is 1.85. The largest absolute Gasteiger partial charge is 0.480 e. The van der Waals surface area contributed by atoms with Gasteiger partial charge in [-0.1, -0.05) is 19.3 Å². The summed E-state index contributed by atoms with van der Waals surface area (Å²) in [6.45, 7) is 0. The molecule has 0 N–H and O–H groups in total. The summed E-state index contributed by atoms with van der Waals surface area (Å²) < 4.78 is 7.11. The summed E-state index contributed by atoms with van der Waals surface area (Å²) in [5, 5.41) is 4.35. The van der Waals surface area contributed by atoms with Gasteiger partial charge < -0.3 is 4.74 Å². The van der Waals surface area contributed by atoms with E-state index in [1.54, 1.807) is 7.11 Å². The normalized spacial score (nSPS) is 18.8. The zero-order valence-electron chi connectivity index (χ0n) is 8.07. The van der Waals surface area contributed by atoms with Crippen LogP contribution in [0.1, 0.15) is 38.1 Å². The molecular formula is C10H16N2O. The second kappa shape index (κ2) is 3.81. The SMILES string of the molecule is COc1ccn(C2CCCCC2)n1. The van der Waals surface area contributed by atoms with Crippen LogP contribution in [-0.2, 0) is 0 Å². The number of hydrogen-bond acceptors (Lipinski definition) is 2. The molecule has 72 valence electrons. The Balaban J connectivity index is 2.05. The molecule has 0 amide bonds. The number of rotatable bonds is 2. The molecule has 0 atom stereocenters. The van der Waals surface area contributed by atoms with Crippen LogP contribution in [0.5, 0.6) is 5.88 Å². The minimum absolute atomic E-state index is 0.609. The van der Waals surface area contributed by atoms with Crippen molar-refractivity contribution in [3.8, 4) is 5.88 Å². The van der Waals surface area contributed by atoms with E-state index in [2.05, 4.69) is 9.78 Å². The van der Waals surface area contributed by atoms with Crippen LogP contribution in [0.15, 0.2) is 12.3 Å². The minimum atomic E-state index is 0.609. The number of ether oxygens (including phenoxy) is 1. The van der Waals surface area contributed by atoms with Crippen LogP contribution >= 0.6 is 0 Å². The highest BCUT2D eigenvalue weighted by molar-refractivity contribution is 5.05. The van der Waals surface area contributed by atoms with Gasteiger partial charge in [-0.15, -0.1) is 5.10 Å². The van der Waals surface area contributed by atoms with Crippen LogP contribution in [0.25, 0.3) is 0 Å². The van der Waals surface area contributed by atoms with Crippen LogP contribution in [0.2, 0.25) is 0 Å². The van der Waals surface area contributed by atoms with Gasteiger partial charge in [0.05, 0.1) is 13.2 Å². The number of nitrogens with zero attached hydrogens (tertiary/aromatic N) is 2. The molecule has 1 fully saturated rings. The molecule has 1 aromatic rings. The van der Waals surface area contributed by atoms with Crippen molar-refractivity contribution in [3.05, 3.63) is 12.3 Å². The zero-order valence-corrected chi connectivity index (χ0v) is 8.07. The molecule has 2 rings (SSSR count). The highest BCUT2D eigenvalue weighted by Crippen LogP contribution is 2.27. The Morgan fingerprint density at radius 2 is 2.15 bits per heavy atom. The molecule has 0 unspecified atom stereocenters. The second-order valence-corrected chi connectivity index (χ2v) is 3.63. The fourth-order valence-corrected chi connectivity index (χ4v) is 1.98. The number of aromatic nitrogens is 2. The van der Waals surface area contributed by atoms with Gasteiger partial charge in [-0.3, -0.25) is 4.68 Å². The summed E-state index contributed by atoms with van der Waals surface area (Å²) in [6.07, 6.45) is 8.62. The summed E-state index contributed by atoms with van der Waals surface area (Å²) >= 11 is 0. The van der Waals surface area contributed by atoms with Crippen molar-refractivity contribution in [1.29, 1.82) is 0 Å². The molecule has 0 spiro atoms. The fourth-order valence-electron chi connectivity index (χ4n) is 1.98. The highest BCUT2D eigenvalue weighted by Gasteiger charge is 2.15. The zero-order chi connectivity index (χ0) is 9.10. The Kier molecular flexibility index (Phi) is 2.52. The first kappa shape index (κ1) is 8.60. The molecule has 13 heavy (non-hydrogen) atoms. The van der Waals surface area contributed by atoms with Crippen molar-refractivity contribution in [2.45, 2.75) is 38.1 Å². The summed E-state index contributed by atoms with van der Waals surface area (Å²) in [7, 11) is 1.66. The highest BCUT2D eigenvalue weighted by atomic mass is 16.5.